The fraction of sp³-hybridized carbons (Fsp3) is 0.111. The third-order valence-corrected chi connectivity index (χ3v) is 7.98. The fourth-order valence-electron chi connectivity index (χ4n) is 6.30. The highest BCUT2D eigenvalue weighted by molar-refractivity contribution is 6.27. The van der Waals surface area contributed by atoms with Crippen molar-refractivity contribution in [3.05, 3.63) is 119 Å². The molecule has 0 unspecified atom stereocenters. The molecule has 0 radical (unpaired) electrons. The highest BCUT2D eigenvalue weighted by Gasteiger charge is 2.31. The Kier molecular flexibility index (Phi) is 4.51. The van der Waals surface area contributed by atoms with Crippen LogP contribution in [0.2, 0.25) is 0 Å². The van der Waals surface area contributed by atoms with Gasteiger partial charge in [-0.1, -0.05) is 108 Å². The molecule has 7 rings (SSSR count). The quantitative estimate of drug-likeness (QED) is 0.241. The predicted molar refractivity (Wildman–Crippen MR) is 156 cm³/mol. The number of fused-ring (bicyclic) bond motifs is 4. The summed E-state index contributed by atoms with van der Waals surface area (Å²) in [6, 6.07) is 36.4. The Morgan fingerprint density at radius 2 is 0.861 bits per heavy atom. The van der Waals surface area contributed by atoms with Crippen LogP contribution in [0, 0.1) is 27.7 Å². The Morgan fingerprint density at radius 3 is 1.33 bits per heavy atom. The van der Waals surface area contributed by atoms with Crippen LogP contribution in [0.1, 0.15) is 22.3 Å². The third-order valence-electron chi connectivity index (χ3n) is 7.98. The monoisotopic (exact) mass is 460 g/mol. The summed E-state index contributed by atoms with van der Waals surface area (Å²) in [7, 11) is 0. The first-order valence-electron chi connectivity index (χ1n) is 12.8. The van der Waals surface area contributed by atoms with Gasteiger partial charge in [-0.2, -0.15) is 0 Å². The van der Waals surface area contributed by atoms with Gasteiger partial charge in [0.15, 0.2) is 0 Å². The zero-order valence-electron chi connectivity index (χ0n) is 21.2. The van der Waals surface area contributed by atoms with E-state index < -0.39 is 0 Å². The van der Waals surface area contributed by atoms with Gasteiger partial charge >= 0.3 is 0 Å². The van der Waals surface area contributed by atoms with Crippen LogP contribution in [-0.2, 0) is 0 Å². The second kappa shape index (κ2) is 7.67. The van der Waals surface area contributed by atoms with E-state index >= 15 is 0 Å². The Hall–Kier alpha value is -4.16. The molecule has 1 aliphatic carbocycles. The molecule has 0 saturated carbocycles. The Labute approximate surface area is 212 Å². The summed E-state index contributed by atoms with van der Waals surface area (Å²) in [4.78, 5) is 0. The summed E-state index contributed by atoms with van der Waals surface area (Å²) >= 11 is 0. The van der Waals surface area contributed by atoms with Crippen LogP contribution < -0.4 is 0 Å². The Balaban J connectivity index is 1.78. The van der Waals surface area contributed by atoms with Gasteiger partial charge in [0, 0.05) is 0 Å². The van der Waals surface area contributed by atoms with Crippen LogP contribution >= 0.6 is 0 Å². The van der Waals surface area contributed by atoms with Gasteiger partial charge in [-0.15, -0.1) is 0 Å². The molecule has 6 aromatic carbocycles. The van der Waals surface area contributed by atoms with Gasteiger partial charge in [-0.3, -0.25) is 0 Å². The standard InChI is InChI=1S/C36H28/c1-21-15-17-23(3)30(19-21)33-26-11-5-6-12-27(26)34(31-20-22(2)16-18-24(31)4)36-29-14-8-10-25-9-7-13-28(32(25)29)35(33)36/h5-20H,1-4H3. The highest BCUT2D eigenvalue weighted by atomic mass is 14.3. The van der Waals surface area contributed by atoms with Gasteiger partial charge < -0.3 is 0 Å². The molecule has 0 nitrogen and oxygen atoms in total. The van der Waals surface area contributed by atoms with E-state index in [4.69, 9.17) is 0 Å². The molecule has 6 aromatic rings. The minimum Gasteiger partial charge on any atom is -0.0616 e. The lowest BCUT2D eigenvalue weighted by atomic mass is 9.80. The average Bonchev–Trinajstić information content (AvgIpc) is 3.22. The van der Waals surface area contributed by atoms with Crippen molar-refractivity contribution < 1.29 is 0 Å². The first-order valence-corrected chi connectivity index (χ1v) is 12.8. The second-order valence-corrected chi connectivity index (χ2v) is 10.4. The summed E-state index contributed by atoms with van der Waals surface area (Å²) in [5.74, 6) is 0. The minimum atomic E-state index is 1.29. The number of aryl methyl sites for hydroxylation is 4. The van der Waals surface area contributed by atoms with E-state index in [1.54, 1.807) is 0 Å². The SMILES string of the molecule is Cc1ccc(C)c(-c2c3c(c(-c4cc(C)ccc4C)c4ccccc24)-c2cccc4cccc-3c24)c1. The van der Waals surface area contributed by atoms with Crippen LogP contribution in [-0.4, -0.2) is 0 Å². The maximum atomic E-state index is 2.37. The molecule has 36 heavy (non-hydrogen) atoms. The lowest BCUT2D eigenvalue weighted by Gasteiger charge is -2.22. The first kappa shape index (κ1) is 21.1. The molecule has 1 aliphatic rings. The molecule has 0 saturated heterocycles. The summed E-state index contributed by atoms with van der Waals surface area (Å²) in [5, 5.41) is 5.34. The molecule has 0 atom stereocenters. The zero-order valence-corrected chi connectivity index (χ0v) is 21.2. The van der Waals surface area contributed by atoms with E-state index in [1.807, 2.05) is 0 Å². The van der Waals surface area contributed by atoms with Gasteiger partial charge in [-0.05, 0) is 105 Å². The largest absolute Gasteiger partial charge is 0.0616 e. The van der Waals surface area contributed by atoms with Crippen LogP contribution in [0.5, 0.6) is 0 Å². The molecule has 0 heterocycles. The van der Waals surface area contributed by atoms with Crippen molar-refractivity contribution in [2.75, 3.05) is 0 Å². The van der Waals surface area contributed by atoms with Gasteiger partial charge in [0.1, 0.15) is 0 Å². The van der Waals surface area contributed by atoms with Crippen molar-refractivity contribution >= 4 is 21.5 Å². The van der Waals surface area contributed by atoms with Crippen molar-refractivity contribution in [2.24, 2.45) is 0 Å². The topological polar surface area (TPSA) is 0 Å². The Morgan fingerprint density at radius 1 is 0.389 bits per heavy atom. The van der Waals surface area contributed by atoms with Crippen LogP contribution in [0.4, 0.5) is 0 Å². The lowest BCUT2D eigenvalue weighted by Crippen LogP contribution is -1.96. The molecule has 0 heteroatoms. The van der Waals surface area contributed by atoms with E-state index in [0.717, 1.165) is 0 Å². The van der Waals surface area contributed by atoms with Crippen molar-refractivity contribution in [3.63, 3.8) is 0 Å². The smallest absolute Gasteiger partial charge is 0.000731 e. The van der Waals surface area contributed by atoms with Crippen molar-refractivity contribution in [1.29, 1.82) is 0 Å². The van der Waals surface area contributed by atoms with E-state index in [0.29, 0.717) is 0 Å². The fourth-order valence-corrected chi connectivity index (χ4v) is 6.30. The first-order chi connectivity index (χ1) is 17.5. The van der Waals surface area contributed by atoms with Crippen LogP contribution in [0.15, 0.2) is 97.1 Å². The van der Waals surface area contributed by atoms with Gasteiger partial charge in [-0.25, -0.2) is 0 Å². The molecule has 0 amide bonds. The maximum Gasteiger partial charge on any atom is -0.000731 e. The van der Waals surface area contributed by atoms with E-state index in [2.05, 4.69) is 125 Å². The van der Waals surface area contributed by atoms with E-state index in [1.165, 1.54) is 88.3 Å². The molecule has 0 spiro atoms. The van der Waals surface area contributed by atoms with Crippen LogP contribution in [0.3, 0.4) is 0 Å². The summed E-state index contributed by atoms with van der Waals surface area (Å²) in [6.07, 6.45) is 0. The van der Waals surface area contributed by atoms with E-state index in [9.17, 15) is 0 Å². The summed E-state index contributed by atoms with van der Waals surface area (Å²) in [5.41, 5.74) is 16.1. The van der Waals surface area contributed by atoms with Crippen molar-refractivity contribution in [3.8, 4) is 44.5 Å². The zero-order chi connectivity index (χ0) is 24.6. The molecular weight excluding hydrogens is 432 g/mol. The molecule has 172 valence electrons. The third kappa shape index (κ3) is 2.88. The molecule has 0 aliphatic heterocycles. The van der Waals surface area contributed by atoms with Crippen LogP contribution in [0.25, 0.3) is 66.1 Å². The predicted octanol–water partition coefficient (Wildman–Crippen LogP) is 10.2. The van der Waals surface area contributed by atoms with Gasteiger partial charge in [0.2, 0.25) is 0 Å². The normalized spacial score (nSPS) is 11.9. The van der Waals surface area contributed by atoms with E-state index in [-0.39, 0.29) is 0 Å². The summed E-state index contributed by atoms with van der Waals surface area (Å²) < 4.78 is 0. The second-order valence-electron chi connectivity index (χ2n) is 10.4. The summed E-state index contributed by atoms with van der Waals surface area (Å²) in [6.45, 7) is 8.89. The number of hydrogen-bond acceptors (Lipinski definition) is 0. The number of benzene rings is 6. The lowest BCUT2D eigenvalue weighted by molar-refractivity contribution is 1.39. The molecule has 0 N–H and O–H groups in total. The average molecular weight is 461 g/mol. The van der Waals surface area contributed by atoms with Crippen molar-refractivity contribution in [2.45, 2.75) is 27.7 Å². The minimum absolute atomic E-state index is 1.29. The number of rotatable bonds is 2. The molecule has 0 aromatic heterocycles. The molecular formula is C36H28. The maximum absolute atomic E-state index is 2.37. The van der Waals surface area contributed by atoms with Gasteiger partial charge in [0.25, 0.3) is 0 Å². The molecule has 0 fully saturated rings. The highest BCUT2D eigenvalue weighted by Crippen LogP contribution is 2.58. The van der Waals surface area contributed by atoms with Gasteiger partial charge in [0.05, 0.1) is 0 Å². The van der Waals surface area contributed by atoms with Crippen molar-refractivity contribution in [1.82, 2.24) is 0 Å². The molecule has 0 bridgehead atoms. The Bertz CT molecular complexity index is 1730. The number of hydrogen-bond donors (Lipinski definition) is 0.